The molecule has 0 bridgehead atoms. The number of halogens is 1. The van der Waals surface area contributed by atoms with Crippen LogP contribution in [-0.4, -0.2) is 5.16 Å². The minimum Gasteiger partial charge on any atom is -0.205 e. The standard InChI is InChI=1S/C23H22FNS/c1-16-3-9-20(10-4-16)21-11-7-18(8-12-21)5-6-19-13-17(2)23(25-15-26)22(24)14-19/h7-8,11-14,16,20H,3-4,9-10H2,1-2H3. The fourth-order valence-electron chi connectivity index (χ4n) is 3.57. The summed E-state index contributed by atoms with van der Waals surface area (Å²) in [4.78, 5) is 3.77. The van der Waals surface area contributed by atoms with Gasteiger partial charge in [0, 0.05) is 11.1 Å². The van der Waals surface area contributed by atoms with E-state index in [-0.39, 0.29) is 5.69 Å². The molecule has 1 aliphatic carbocycles. The highest BCUT2D eigenvalue weighted by Crippen LogP contribution is 2.35. The van der Waals surface area contributed by atoms with Crippen molar-refractivity contribution in [3.05, 3.63) is 64.5 Å². The van der Waals surface area contributed by atoms with Gasteiger partial charge in [-0.05, 0) is 79.2 Å². The molecule has 1 fully saturated rings. The molecule has 0 spiro atoms. The van der Waals surface area contributed by atoms with E-state index in [0.717, 1.165) is 11.5 Å². The summed E-state index contributed by atoms with van der Waals surface area (Å²) in [5.41, 5.74) is 3.92. The van der Waals surface area contributed by atoms with Crippen molar-refractivity contribution in [2.45, 2.75) is 45.4 Å². The highest BCUT2D eigenvalue weighted by Gasteiger charge is 2.19. The van der Waals surface area contributed by atoms with E-state index < -0.39 is 5.82 Å². The summed E-state index contributed by atoms with van der Waals surface area (Å²) in [5.74, 6) is 7.28. The lowest BCUT2D eigenvalue weighted by Crippen LogP contribution is -2.10. The first-order valence-corrected chi connectivity index (χ1v) is 9.47. The Hall–Kier alpha value is -2.27. The van der Waals surface area contributed by atoms with Crippen molar-refractivity contribution in [1.29, 1.82) is 0 Å². The first kappa shape index (κ1) is 18.5. The Morgan fingerprint density at radius 2 is 1.65 bits per heavy atom. The quantitative estimate of drug-likeness (QED) is 0.334. The molecule has 0 radical (unpaired) electrons. The molecule has 1 aliphatic rings. The zero-order valence-electron chi connectivity index (χ0n) is 15.2. The van der Waals surface area contributed by atoms with Gasteiger partial charge in [-0.3, -0.25) is 0 Å². The summed E-state index contributed by atoms with van der Waals surface area (Å²) in [6.07, 6.45) is 5.20. The Morgan fingerprint density at radius 3 is 2.27 bits per heavy atom. The summed E-state index contributed by atoms with van der Waals surface area (Å²) in [6, 6.07) is 11.7. The zero-order valence-corrected chi connectivity index (χ0v) is 16.0. The third-order valence-electron chi connectivity index (χ3n) is 5.16. The van der Waals surface area contributed by atoms with Crippen LogP contribution in [0.5, 0.6) is 0 Å². The summed E-state index contributed by atoms with van der Waals surface area (Å²) in [5, 5.41) is 2.21. The van der Waals surface area contributed by atoms with Gasteiger partial charge in [-0.15, -0.1) is 0 Å². The van der Waals surface area contributed by atoms with Crippen molar-refractivity contribution in [3.63, 3.8) is 0 Å². The minimum absolute atomic E-state index is 0.233. The van der Waals surface area contributed by atoms with E-state index in [1.165, 1.54) is 37.3 Å². The SMILES string of the molecule is Cc1cc(C#Cc2ccc(C3CCC(C)CC3)cc2)cc(F)c1N=C=S. The highest BCUT2D eigenvalue weighted by atomic mass is 32.1. The number of hydrogen-bond donors (Lipinski definition) is 0. The topological polar surface area (TPSA) is 12.4 Å². The van der Waals surface area contributed by atoms with Crippen LogP contribution in [0.1, 0.15) is 60.8 Å². The van der Waals surface area contributed by atoms with Crippen molar-refractivity contribution in [1.82, 2.24) is 0 Å². The molecule has 3 rings (SSSR count). The van der Waals surface area contributed by atoms with Gasteiger partial charge in [0.1, 0.15) is 5.69 Å². The van der Waals surface area contributed by atoms with E-state index in [4.69, 9.17) is 0 Å². The fourth-order valence-corrected chi connectivity index (χ4v) is 3.66. The van der Waals surface area contributed by atoms with E-state index in [2.05, 4.69) is 65.4 Å². The van der Waals surface area contributed by atoms with E-state index in [1.54, 1.807) is 6.92 Å². The molecule has 0 saturated heterocycles. The van der Waals surface area contributed by atoms with Gasteiger partial charge in [0.25, 0.3) is 0 Å². The maximum Gasteiger partial charge on any atom is 0.151 e. The van der Waals surface area contributed by atoms with Crippen molar-refractivity contribution >= 4 is 23.1 Å². The third-order valence-corrected chi connectivity index (χ3v) is 5.25. The monoisotopic (exact) mass is 363 g/mol. The van der Waals surface area contributed by atoms with Crippen LogP contribution in [0.2, 0.25) is 0 Å². The van der Waals surface area contributed by atoms with Crippen LogP contribution in [0.3, 0.4) is 0 Å². The third kappa shape index (κ3) is 4.47. The van der Waals surface area contributed by atoms with Gasteiger partial charge in [-0.25, -0.2) is 4.39 Å². The van der Waals surface area contributed by atoms with Crippen molar-refractivity contribution < 1.29 is 4.39 Å². The molecule has 26 heavy (non-hydrogen) atoms. The Labute approximate surface area is 160 Å². The predicted octanol–water partition coefficient (Wildman–Crippen LogP) is 6.56. The van der Waals surface area contributed by atoms with E-state index in [0.29, 0.717) is 17.0 Å². The second-order valence-electron chi connectivity index (χ2n) is 7.16. The number of isothiocyanates is 1. The average molecular weight is 364 g/mol. The van der Waals surface area contributed by atoms with Crippen molar-refractivity contribution in [2.75, 3.05) is 0 Å². The molecule has 1 nitrogen and oxygen atoms in total. The number of rotatable bonds is 2. The van der Waals surface area contributed by atoms with E-state index >= 15 is 0 Å². The molecular weight excluding hydrogens is 341 g/mol. The van der Waals surface area contributed by atoms with Gasteiger partial charge < -0.3 is 0 Å². The van der Waals surface area contributed by atoms with Crippen LogP contribution < -0.4 is 0 Å². The average Bonchev–Trinajstić information content (AvgIpc) is 2.64. The molecule has 132 valence electrons. The van der Waals surface area contributed by atoms with Crippen molar-refractivity contribution in [2.24, 2.45) is 10.9 Å². The molecule has 3 heteroatoms. The number of thiocarbonyl (C=S) groups is 1. The van der Waals surface area contributed by atoms with Gasteiger partial charge in [-0.2, -0.15) is 4.99 Å². The van der Waals surface area contributed by atoms with Crippen molar-refractivity contribution in [3.8, 4) is 11.8 Å². The summed E-state index contributed by atoms with van der Waals surface area (Å²) >= 11 is 4.55. The molecule has 0 atom stereocenters. The molecule has 0 unspecified atom stereocenters. The Balaban J connectivity index is 1.75. The molecule has 0 N–H and O–H groups in total. The maximum absolute atomic E-state index is 14.1. The maximum atomic E-state index is 14.1. The van der Waals surface area contributed by atoms with Crippen LogP contribution in [0, 0.1) is 30.5 Å². The molecule has 0 amide bonds. The van der Waals surface area contributed by atoms with Gasteiger partial charge >= 0.3 is 0 Å². The van der Waals surface area contributed by atoms with E-state index in [1.807, 2.05) is 6.07 Å². The Morgan fingerprint density at radius 1 is 1.00 bits per heavy atom. The van der Waals surface area contributed by atoms with Gasteiger partial charge in [0.05, 0.1) is 5.16 Å². The number of benzene rings is 2. The molecule has 0 aromatic heterocycles. The predicted molar refractivity (Wildman–Crippen MR) is 109 cm³/mol. The number of aliphatic imine (C=N–C) groups is 1. The molecule has 0 aliphatic heterocycles. The Kier molecular flexibility index (Phi) is 5.99. The lowest BCUT2D eigenvalue weighted by Gasteiger charge is -2.26. The molecule has 1 saturated carbocycles. The number of nitrogens with zero attached hydrogens (tertiary/aromatic N) is 1. The second-order valence-corrected chi connectivity index (χ2v) is 7.34. The summed E-state index contributed by atoms with van der Waals surface area (Å²) in [7, 11) is 0. The van der Waals surface area contributed by atoms with Crippen LogP contribution in [-0.2, 0) is 0 Å². The molecule has 0 heterocycles. The minimum atomic E-state index is -0.423. The Bertz CT molecular complexity index is 867. The highest BCUT2D eigenvalue weighted by molar-refractivity contribution is 7.78. The normalized spacial score (nSPS) is 19.2. The fraction of sp³-hybridized carbons (Fsp3) is 0.348. The smallest absolute Gasteiger partial charge is 0.151 e. The van der Waals surface area contributed by atoms with Gasteiger partial charge in [0.2, 0.25) is 0 Å². The molecule has 2 aromatic rings. The molecular formula is C23H22FNS. The number of hydrogen-bond acceptors (Lipinski definition) is 2. The van der Waals surface area contributed by atoms with Gasteiger partial charge in [-0.1, -0.05) is 43.7 Å². The first-order chi connectivity index (χ1) is 12.6. The zero-order chi connectivity index (χ0) is 18.5. The second kappa shape index (κ2) is 8.41. The first-order valence-electron chi connectivity index (χ1n) is 9.07. The van der Waals surface area contributed by atoms with E-state index in [9.17, 15) is 4.39 Å². The summed E-state index contributed by atoms with van der Waals surface area (Å²) < 4.78 is 14.1. The van der Waals surface area contributed by atoms with Crippen LogP contribution >= 0.6 is 12.2 Å². The largest absolute Gasteiger partial charge is 0.205 e. The number of aryl methyl sites for hydroxylation is 1. The molecule has 2 aromatic carbocycles. The summed E-state index contributed by atoms with van der Waals surface area (Å²) in [6.45, 7) is 4.13. The van der Waals surface area contributed by atoms with Crippen LogP contribution in [0.25, 0.3) is 0 Å². The lowest BCUT2D eigenvalue weighted by atomic mass is 9.79. The van der Waals surface area contributed by atoms with Crippen LogP contribution in [0.4, 0.5) is 10.1 Å². The van der Waals surface area contributed by atoms with Gasteiger partial charge in [0.15, 0.2) is 5.82 Å². The lowest BCUT2D eigenvalue weighted by molar-refractivity contribution is 0.348. The van der Waals surface area contributed by atoms with Crippen LogP contribution in [0.15, 0.2) is 41.4 Å².